The molecule has 8 heteroatoms. The lowest BCUT2D eigenvalue weighted by atomic mass is 9.75. The first kappa shape index (κ1) is 20.2. The predicted octanol–water partition coefficient (Wildman–Crippen LogP) is 5.20. The van der Waals surface area contributed by atoms with E-state index in [1.54, 1.807) is 19.2 Å². The molecule has 0 bridgehead atoms. The standard InChI is InChI=1S/C24H18FN5OS/c1-15-10-20(14-28-21(15)26-2)29-22(31)24(8-3-9-24)30(23(29)32)19-6-4-16(5-7-19)17-11-18(25)13-27-12-17/h4-7,10-14H,3,8-9H2,1H3. The number of aryl methyl sites for hydroxylation is 1. The summed E-state index contributed by atoms with van der Waals surface area (Å²) in [6, 6.07) is 10.8. The van der Waals surface area contributed by atoms with Gasteiger partial charge in [-0.25, -0.2) is 4.39 Å². The number of carbonyl (C=O) groups excluding carboxylic acids is 1. The number of benzene rings is 1. The number of halogens is 1. The van der Waals surface area contributed by atoms with E-state index in [1.165, 1.54) is 23.4 Å². The van der Waals surface area contributed by atoms with Gasteiger partial charge in [-0.05, 0) is 73.8 Å². The van der Waals surface area contributed by atoms with Gasteiger partial charge in [0.05, 0.1) is 11.9 Å². The van der Waals surface area contributed by atoms with Crippen molar-refractivity contribution in [3.63, 3.8) is 0 Å². The van der Waals surface area contributed by atoms with Gasteiger partial charge in [0.25, 0.3) is 11.7 Å². The van der Waals surface area contributed by atoms with Gasteiger partial charge >= 0.3 is 0 Å². The fourth-order valence-electron chi connectivity index (χ4n) is 4.37. The van der Waals surface area contributed by atoms with E-state index in [0.29, 0.717) is 40.6 Å². The fourth-order valence-corrected chi connectivity index (χ4v) is 4.84. The Kier molecular flexibility index (Phi) is 4.72. The van der Waals surface area contributed by atoms with Gasteiger partial charge in [0.1, 0.15) is 17.6 Å². The molecule has 3 heterocycles. The van der Waals surface area contributed by atoms with Crippen molar-refractivity contribution in [1.29, 1.82) is 0 Å². The Morgan fingerprint density at radius 2 is 1.84 bits per heavy atom. The highest BCUT2D eigenvalue weighted by Crippen LogP contribution is 2.48. The molecular formula is C24H18FN5OS. The highest BCUT2D eigenvalue weighted by Gasteiger charge is 2.59. The van der Waals surface area contributed by atoms with Crippen LogP contribution in [0, 0.1) is 19.3 Å². The molecule has 1 saturated carbocycles. The van der Waals surface area contributed by atoms with Crippen LogP contribution in [0.2, 0.25) is 0 Å². The van der Waals surface area contributed by atoms with E-state index in [1.807, 2.05) is 29.2 Å². The van der Waals surface area contributed by atoms with Crippen LogP contribution in [0.3, 0.4) is 0 Å². The molecule has 1 aliphatic carbocycles. The molecular weight excluding hydrogens is 425 g/mol. The van der Waals surface area contributed by atoms with Crippen LogP contribution in [-0.4, -0.2) is 26.5 Å². The number of pyridine rings is 2. The van der Waals surface area contributed by atoms with Gasteiger partial charge in [-0.1, -0.05) is 18.7 Å². The number of amides is 1. The number of nitrogens with zero attached hydrogens (tertiary/aromatic N) is 5. The molecule has 1 saturated heterocycles. The minimum Gasteiger partial charge on any atom is -0.360 e. The average molecular weight is 444 g/mol. The maximum Gasteiger partial charge on any atom is 0.272 e. The van der Waals surface area contributed by atoms with E-state index in [0.717, 1.165) is 17.7 Å². The number of carbonyl (C=O) groups is 1. The van der Waals surface area contributed by atoms with Crippen LogP contribution in [0.4, 0.5) is 21.6 Å². The number of hydrogen-bond donors (Lipinski definition) is 0. The second-order valence-electron chi connectivity index (χ2n) is 8.03. The third kappa shape index (κ3) is 2.97. The lowest BCUT2D eigenvalue weighted by Crippen LogP contribution is -2.55. The Labute approximate surface area is 190 Å². The van der Waals surface area contributed by atoms with Crippen LogP contribution >= 0.6 is 12.2 Å². The molecule has 5 rings (SSSR count). The van der Waals surface area contributed by atoms with E-state index in [4.69, 9.17) is 18.8 Å². The molecule has 1 aromatic carbocycles. The summed E-state index contributed by atoms with van der Waals surface area (Å²) in [4.78, 5) is 28.5. The summed E-state index contributed by atoms with van der Waals surface area (Å²) in [5, 5.41) is 0.395. The van der Waals surface area contributed by atoms with Crippen molar-refractivity contribution in [1.82, 2.24) is 9.97 Å². The highest BCUT2D eigenvalue weighted by atomic mass is 32.1. The lowest BCUT2D eigenvalue weighted by Gasteiger charge is -2.43. The largest absolute Gasteiger partial charge is 0.360 e. The maximum absolute atomic E-state index is 13.6. The topological polar surface area (TPSA) is 53.7 Å². The molecule has 0 unspecified atom stereocenters. The minimum absolute atomic E-state index is 0.0658. The molecule has 6 nitrogen and oxygen atoms in total. The van der Waals surface area contributed by atoms with Gasteiger partial charge in [-0.2, -0.15) is 0 Å². The molecule has 32 heavy (non-hydrogen) atoms. The second-order valence-corrected chi connectivity index (χ2v) is 8.39. The van der Waals surface area contributed by atoms with Gasteiger partial charge in [0, 0.05) is 17.4 Å². The van der Waals surface area contributed by atoms with Gasteiger partial charge in [0.15, 0.2) is 5.11 Å². The van der Waals surface area contributed by atoms with Gasteiger partial charge in [0.2, 0.25) is 0 Å². The van der Waals surface area contributed by atoms with Crippen molar-refractivity contribution in [2.75, 3.05) is 9.80 Å². The zero-order valence-electron chi connectivity index (χ0n) is 17.2. The van der Waals surface area contributed by atoms with E-state index >= 15 is 0 Å². The first-order chi connectivity index (χ1) is 15.4. The summed E-state index contributed by atoms with van der Waals surface area (Å²) in [7, 11) is 0. The molecule has 2 aliphatic rings. The molecule has 0 atom stereocenters. The Balaban J connectivity index is 1.52. The average Bonchev–Trinajstić information content (AvgIpc) is 3.00. The Morgan fingerprint density at radius 3 is 2.44 bits per heavy atom. The molecule has 2 aromatic heterocycles. The molecule has 0 radical (unpaired) electrons. The number of thiocarbonyl (C=S) groups is 1. The highest BCUT2D eigenvalue weighted by molar-refractivity contribution is 7.81. The summed E-state index contributed by atoms with van der Waals surface area (Å²) in [5.74, 6) is -0.150. The van der Waals surface area contributed by atoms with E-state index in [-0.39, 0.29) is 5.91 Å². The third-order valence-corrected chi connectivity index (χ3v) is 6.52. The van der Waals surface area contributed by atoms with Gasteiger partial charge < -0.3 is 9.74 Å². The minimum atomic E-state index is -0.703. The van der Waals surface area contributed by atoms with Crippen LogP contribution in [0.15, 0.2) is 55.0 Å². The van der Waals surface area contributed by atoms with E-state index in [9.17, 15) is 9.18 Å². The van der Waals surface area contributed by atoms with Crippen LogP contribution in [0.5, 0.6) is 0 Å². The molecule has 3 aromatic rings. The number of anilines is 2. The molecule has 2 fully saturated rings. The SMILES string of the molecule is [C-]#[N+]c1ncc(N2C(=O)C3(CCC3)N(c3ccc(-c4cncc(F)c4)cc3)C2=S)cc1C. The van der Waals surface area contributed by atoms with Crippen molar-refractivity contribution in [3.8, 4) is 11.1 Å². The predicted molar refractivity (Wildman–Crippen MR) is 124 cm³/mol. The summed E-state index contributed by atoms with van der Waals surface area (Å²) in [5.41, 5.74) is 2.87. The van der Waals surface area contributed by atoms with Gasteiger partial charge in [-0.15, -0.1) is 4.98 Å². The maximum atomic E-state index is 13.6. The van der Waals surface area contributed by atoms with Crippen LogP contribution < -0.4 is 9.80 Å². The zero-order valence-corrected chi connectivity index (χ0v) is 18.1. The number of hydrogen-bond acceptors (Lipinski definition) is 4. The van der Waals surface area contributed by atoms with Crippen molar-refractivity contribution in [3.05, 3.63) is 77.8 Å². The van der Waals surface area contributed by atoms with E-state index in [2.05, 4.69) is 14.8 Å². The smallest absolute Gasteiger partial charge is 0.272 e. The second kappa shape index (κ2) is 7.46. The Bertz CT molecular complexity index is 1300. The van der Waals surface area contributed by atoms with Gasteiger partial charge in [-0.3, -0.25) is 14.7 Å². The van der Waals surface area contributed by atoms with Crippen molar-refractivity contribution in [2.45, 2.75) is 31.7 Å². The molecule has 0 N–H and O–H groups in total. The van der Waals surface area contributed by atoms with E-state index < -0.39 is 11.4 Å². The number of aromatic nitrogens is 2. The molecule has 1 spiro atoms. The summed E-state index contributed by atoms with van der Waals surface area (Å²) in [6.07, 6.45) is 6.68. The number of rotatable bonds is 3. The summed E-state index contributed by atoms with van der Waals surface area (Å²) in [6.45, 7) is 9.00. The Morgan fingerprint density at radius 1 is 1.09 bits per heavy atom. The van der Waals surface area contributed by atoms with Crippen LogP contribution in [0.25, 0.3) is 16.0 Å². The lowest BCUT2D eigenvalue weighted by molar-refractivity contribution is -0.123. The summed E-state index contributed by atoms with van der Waals surface area (Å²) >= 11 is 5.78. The molecule has 158 valence electrons. The van der Waals surface area contributed by atoms with Crippen molar-refractivity contribution < 1.29 is 9.18 Å². The van der Waals surface area contributed by atoms with Crippen LogP contribution in [0.1, 0.15) is 24.8 Å². The molecule has 1 amide bonds. The summed E-state index contributed by atoms with van der Waals surface area (Å²) < 4.78 is 13.6. The quantitative estimate of drug-likeness (QED) is 0.411. The molecule has 1 aliphatic heterocycles. The van der Waals surface area contributed by atoms with Crippen molar-refractivity contribution >= 4 is 40.4 Å². The van der Waals surface area contributed by atoms with Crippen molar-refractivity contribution in [2.24, 2.45) is 0 Å². The first-order valence-corrected chi connectivity index (χ1v) is 10.6. The monoisotopic (exact) mass is 443 g/mol. The normalized spacial score (nSPS) is 16.9. The fraction of sp³-hybridized carbons (Fsp3) is 0.208. The van der Waals surface area contributed by atoms with Crippen LogP contribution in [-0.2, 0) is 4.79 Å². The third-order valence-electron chi connectivity index (χ3n) is 6.16. The Hall–Kier alpha value is -3.70. The zero-order chi connectivity index (χ0) is 22.5. The first-order valence-electron chi connectivity index (χ1n) is 10.2.